The molecule has 0 aromatic heterocycles. The maximum Gasteiger partial charge on any atom is 0.306 e. The molecule has 0 fully saturated rings. The van der Waals surface area contributed by atoms with E-state index in [2.05, 4.69) is 93.7 Å². The third-order valence-electron chi connectivity index (χ3n) is 10.1. The van der Waals surface area contributed by atoms with Crippen molar-refractivity contribution in [3.05, 3.63) is 109 Å². The summed E-state index contributed by atoms with van der Waals surface area (Å²) in [5, 5.41) is 0. The Morgan fingerprint density at radius 1 is 0.355 bits per heavy atom. The summed E-state index contributed by atoms with van der Waals surface area (Å²) in [5.74, 6) is -1.00. The molecular weight excluding hydrogens is 769 g/mol. The van der Waals surface area contributed by atoms with E-state index in [4.69, 9.17) is 14.2 Å². The van der Waals surface area contributed by atoms with E-state index in [-0.39, 0.29) is 37.5 Å². The molecule has 0 bridgehead atoms. The van der Waals surface area contributed by atoms with Crippen molar-refractivity contribution >= 4 is 17.9 Å². The summed E-state index contributed by atoms with van der Waals surface area (Å²) in [5.41, 5.74) is 0. The van der Waals surface area contributed by atoms with Gasteiger partial charge in [0.15, 0.2) is 6.10 Å². The molecule has 1 atom stereocenters. The number of rotatable bonds is 43. The molecule has 62 heavy (non-hydrogen) atoms. The third-order valence-corrected chi connectivity index (χ3v) is 10.1. The predicted molar refractivity (Wildman–Crippen MR) is 265 cm³/mol. The highest BCUT2D eigenvalue weighted by molar-refractivity contribution is 5.71. The van der Waals surface area contributed by atoms with Gasteiger partial charge in [0.05, 0.1) is 0 Å². The Bertz CT molecular complexity index is 1310. The number of hydrogen-bond donors (Lipinski definition) is 0. The lowest BCUT2D eigenvalue weighted by atomic mass is 10.1. The molecule has 0 radical (unpaired) electrons. The van der Waals surface area contributed by atoms with Gasteiger partial charge in [-0.2, -0.15) is 0 Å². The van der Waals surface area contributed by atoms with Crippen molar-refractivity contribution in [1.29, 1.82) is 0 Å². The van der Waals surface area contributed by atoms with E-state index < -0.39 is 6.10 Å². The van der Waals surface area contributed by atoms with Crippen LogP contribution in [-0.2, 0) is 28.6 Å². The number of unbranched alkanes of at least 4 members (excludes halogenated alkanes) is 18. The summed E-state index contributed by atoms with van der Waals surface area (Å²) in [4.78, 5) is 37.9. The van der Waals surface area contributed by atoms with Gasteiger partial charge in [-0.3, -0.25) is 14.4 Å². The molecule has 0 aromatic carbocycles. The van der Waals surface area contributed by atoms with Gasteiger partial charge < -0.3 is 14.2 Å². The number of esters is 3. The Labute approximate surface area is 380 Å². The lowest BCUT2D eigenvalue weighted by Gasteiger charge is -2.18. The monoisotopic (exact) mass is 859 g/mol. The fourth-order valence-corrected chi connectivity index (χ4v) is 6.37. The minimum Gasteiger partial charge on any atom is -0.462 e. The molecule has 0 aromatic rings. The minimum atomic E-state index is -0.812. The molecule has 0 aliphatic carbocycles. The van der Waals surface area contributed by atoms with Gasteiger partial charge in [-0.1, -0.05) is 207 Å². The molecule has 0 heterocycles. The van der Waals surface area contributed by atoms with E-state index in [9.17, 15) is 14.4 Å². The Morgan fingerprint density at radius 3 is 1.27 bits per heavy atom. The fraction of sp³-hybridized carbons (Fsp3) is 0.625. The molecule has 0 spiro atoms. The van der Waals surface area contributed by atoms with Crippen LogP contribution in [0.15, 0.2) is 109 Å². The molecule has 0 saturated heterocycles. The van der Waals surface area contributed by atoms with Crippen LogP contribution in [0.25, 0.3) is 0 Å². The number of hydrogen-bond acceptors (Lipinski definition) is 6. The zero-order valence-corrected chi connectivity index (χ0v) is 39.8. The average molecular weight is 859 g/mol. The number of carbonyl (C=O) groups is 3. The highest BCUT2D eigenvalue weighted by Gasteiger charge is 2.19. The van der Waals surface area contributed by atoms with Crippen molar-refractivity contribution in [1.82, 2.24) is 0 Å². The molecule has 6 nitrogen and oxygen atoms in total. The second kappa shape index (κ2) is 49.7. The molecule has 0 rings (SSSR count). The molecule has 1 unspecified atom stereocenters. The molecule has 350 valence electrons. The first-order chi connectivity index (χ1) is 30.5. The Morgan fingerprint density at radius 2 is 0.742 bits per heavy atom. The van der Waals surface area contributed by atoms with Crippen LogP contribution in [0.3, 0.4) is 0 Å². The molecule has 0 saturated carbocycles. The summed E-state index contributed by atoms with van der Waals surface area (Å²) in [6, 6.07) is 0. The summed E-state index contributed by atoms with van der Waals surface area (Å²) >= 11 is 0. The van der Waals surface area contributed by atoms with E-state index in [1.165, 1.54) is 70.6 Å². The summed E-state index contributed by atoms with van der Waals surface area (Å²) in [7, 11) is 0. The van der Waals surface area contributed by atoms with Crippen LogP contribution in [0.4, 0.5) is 0 Å². The Balaban J connectivity index is 4.49. The van der Waals surface area contributed by atoms with Crippen LogP contribution in [-0.4, -0.2) is 37.2 Å². The van der Waals surface area contributed by atoms with Gasteiger partial charge in [0.1, 0.15) is 13.2 Å². The molecule has 0 amide bonds. The zero-order valence-electron chi connectivity index (χ0n) is 39.8. The zero-order chi connectivity index (χ0) is 45.1. The summed E-state index contributed by atoms with van der Waals surface area (Å²) in [6.07, 6.45) is 66.4. The maximum atomic E-state index is 12.8. The highest BCUT2D eigenvalue weighted by Crippen LogP contribution is 2.13. The van der Waals surface area contributed by atoms with E-state index in [0.717, 1.165) is 89.9 Å². The van der Waals surface area contributed by atoms with Crippen LogP contribution in [0.1, 0.15) is 207 Å². The van der Waals surface area contributed by atoms with E-state index in [1.54, 1.807) is 0 Å². The maximum absolute atomic E-state index is 12.8. The standard InChI is InChI=1S/C56H90O6/c1-4-7-10-13-16-19-22-24-26-27-28-30-31-34-37-40-43-46-49-55(58)61-52-53(51-60-54(57)48-45-42-39-36-33-21-18-15-12-9-6-3)62-56(59)50-47-44-41-38-35-32-29-25-23-20-17-14-11-8-5-2/h9-10,12-13,16,18-24,26-28,30,36,39,53H,4-8,11,14-15,17,25,29,31-35,37-38,40-52H2,1-3H3/b12-9-,13-10-,19-16-,21-18-,23-20-,24-22-,27-26-,30-28-,39-36-. The molecule has 0 N–H and O–H groups in total. The topological polar surface area (TPSA) is 78.9 Å². The van der Waals surface area contributed by atoms with Gasteiger partial charge in [0, 0.05) is 19.3 Å². The SMILES string of the molecule is CC/C=C\C/C=C\C/C=C\CCCC(=O)OCC(COC(=O)CCCCCCC\C=C/C=C\C=C/C=C\C=C/CCC)OC(=O)CCCCCCCCC/C=C\CCCCCC. The quantitative estimate of drug-likeness (QED) is 0.0200. The van der Waals surface area contributed by atoms with Crippen molar-refractivity contribution in [3.8, 4) is 0 Å². The lowest BCUT2D eigenvalue weighted by molar-refractivity contribution is -0.167. The molecule has 0 aliphatic heterocycles. The van der Waals surface area contributed by atoms with Gasteiger partial charge >= 0.3 is 17.9 Å². The van der Waals surface area contributed by atoms with Gasteiger partial charge in [0.2, 0.25) is 0 Å². The smallest absolute Gasteiger partial charge is 0.306 e. The Kier molecular flexibility index (Phi) is 46.6. The molecule has 0 aliphatic rings. The summed E-state index contributed by atoms with van der Waals surface area (Å²) < 4.78 is 16.7. The van der Waals surface area contributed by atoms with Crippen molar-refractivity contribution in [2.75, 3.05) is 13.2 Å². The van der Waals surface area contributed by atoms with Gasteiger partial charge in [0.25, 0.3) is 0 Å². The minimum absolute atomic E-state index is 0.111. The second-order valence-electron chi connectivity index (χ2n) is 16.1. The number of carbonyl (C=O) groups excluding carboxylic acids is 3. The van der Waals surface area contributed by atoms with Gasteiger partial charge in [-0.25, -0.2) is 0 Å². The van der Waals surface area contributed by atoms with Crippen molar-refractivity contribution in [2.45, 2.75) is 213 Å². The van der Waals surface area contributed by atoms with Crippen LogP contribution < -0.4 is 0 Å². The molecular formula is C56H90O6. The van der Waals surface area contributed by atoms with Crippen molar-refractivity contribution in [3.63, 3.8) is 0 Å². The van der Waals surface area contributed by atoms with Crippen LogP contribution in [0, 0.1) is 0 Å². The largest absolute Gasteiger partial charge is 0.462 e. The number of allylic oxidation sites excluding steroid dienone is 18. The lowest BCUT2D eigenvalue weighted by Crippen LogP contribution is -2.30. The van der Waals surface area contributed by atoms with E-state index in [1.807, 2.05) is 36.5 Å². The van der Waals surface area contributed by atoms with Crippen LogP contribution in [0.2, 0.25) is 0 Å². The van der Waals surface area contributed by atoms with Crippen LogP contribution >= 0.6 is 0 Å². The highest BCUT2D eigenvalue weighted by atomic mass is 16.6. The average Bonchev–Trinajstić information content (AvgIpc) is 3.27. The van der Waals surface area contributed by atoms with E-state index >= 15 is 0 Å². The van der Waals surface area contributed by atoms with Gasteiger partial charge in [-0.15, -0.1) is 0 Å². The Hall–Kier alpha value is -3.93. The third kappa shape index (κ3) is 47.1. The number of ether oxygens (including phenoxy) is 3. The van der Waals surface area contributed by atoms with Gasteiger partial charge in [-0.05, 0) is 89.9 Å². The van der Waals surface area contributed by atoms with Crippen molar-refractivity contribution < 1.29 is 28.6 Å². The van der Waals surface area contributed by atoms with Crippen molar-refractivity contribution in [2.24, 2.45) is 0 Å². The first-order valence-electron chi connectivity index (χ1n) is 25.0. The predicted octanol–water partition coefficient (Wildman–Crippen LogP) is 16.4. The fourth-order valence-electron chi connectivity index (χ4n) is 6.37. The van der Waals surface area contributed by atoms with E-state index in [0.29, 0.717) is 19.3 Å². The summed E-state index contributed by atoms with van der Waals surface area (Å²) in [6.45, 7) is 6.33. The molecule has 6 heteroatoms. The second-order valence-corrected chi connectivity index (χ2v) is 16.1. The first-order valence-corrected chi connectivity index (χ1v) is 25.0. The van der Waals surface area contributed by atoms with Crippen LogP contribution in [0.5, 0.6) is 0 Å². The first kappa shape index (κ1) is 58.1. The normalized spacial score (nSPS) is 13.0.